The molecule has 0 radical (unpaired) electrons. The molecule has 2 heterocycles. The summed E-state index contributed by atoms with van der Waals surface area (Å²) in [4.78, 5) is 4.14. The van der Waals surface area contributed by atoms with E-state index in [1.807, 2.05) is 11.3 Å². The van der Waals surface area contributed by atoms with E-state index in [-0.39, 0.29) is 0 Å². The summed E-state index contributed by atoms with van der Waals surface area (Å²) in [5.74, 6) is 0. The molecule has 0 saturated heterocycles. The average molecular weight is 423 g/mol. The van der Waals surface area contributed by atoms with Gasteiger partial charge < -0.3 is 5.32 Å². The third-order valence-corrected chi connectivity index (χ3v) is 7.24. The van der Waals surface area contributed by atoms with Gasteiger partial charge in [0.25, 0.3) is 0 Å². The second-order valence-corrected chi connectivity index (χ2v) is 9.24. The number of hydrogen-bond donors (Lipinski definition) is 1. The standard InChI is InChI=1S/C14H17Br2NS2/c1-4-5-17-13(10-6-8(2)18-9(10)3)12-7-11(15)14(16)19-12/h6-7,13,17H,4-5H2,1-3H3. The van der Waals surface area contributed by atoms with Crippen LogP contribution in [-0.4, -0.2) is 6.54 Å². The van der Waals surface area contributed by atoms with Gasteiger partial charge >= 0.3 is 0 Å². The van der Waals surface area contributed by atoms with Crippen LogP contribution in [0.5, 0.6) is 0 Å². The lowest BCUT2D eigenvalue weighted by Gasteiger charge is -2.17. The molecule has 104 valence electrons. The smallest absolute Gasteiger partial charge is 0.0843 e. The third-order valence-electron chi connectivity index (χ3n) is 2.94. The van der Waals surface area contributed by atoms with Crippen LogP contribution in [0.4, 0.5) is 0 Å². The highest BCUT2D eigenvalue weighted by atomic mass is 79.9. The number of thiophene rings is 2. The molecule has 0 saturated carbocycles. The Morgan fingerprint density at radius 1 is 1.21 bits per heavy atom. The van der Waals surface area contributed by atoms with Gasteiger partial charge in [-0.15, -0.1) is 22.7 Å². The van der Waals surface area contributed by atoms with E-state index in [9.17, 15) is 0 Å². The van der Waals surface area contributed by atoms with Crippen LogP contribution >= 0.6 is 54.5 Å². The van der Waals surface area contributed by atoms with Crippen molar-refractivity contribution in [3.8, 4) is 0 Å². The zero-order chi connectivity index (χ0) is 14.0. The number of hydrogen-bond acceptors (Lipinski definition) is 3. The average Bonchev–Trinajstić information content (AvgIpc) is 2.84. The highest BCUT2D eigenvalue weighted by Gasteiger charge is 2.20. The van der Waals surface area contributed by atoms with Crippen LogP contribution in [0.2, 0.25) is 0 Å². The molecular formula is C14H17Br2NS2. The summed E-state index contributed by atoms with van der Waals surface area (Å²) in [6.45, 7) is 7.63. The predicted octanol–water partition coefficient (Wildman–Crippen LogP) is 6.04. The molecule has 1 atom stereocenters. The SMILES string of the molecule is CCCNC(c1cc(Br)c(Br)s1)c1cc(C)sc1C. The molecule has 0 aromatic carbocycles. The lowest BCUT2D eigenvalue weighted by atomic mass is 10.1. The zero-order valence-electron chi connectivity index (χ0n) is 11.2. The highest BCUT2D eigenvalue weighted by molar-refractivity contribution is 9.13. The molecule has 1 unspecified atom stereocenters. The Bertz CT molecular complexity index is 540. The van der Waals surface area contributed by atoms with E-state index in [1.54, 1.807) is 11.3 Å². The highest BCUT2D eigenvalue weighted by Crippen LogP contribution is 2.39. The first-order valence-corrected chi connectivity index (χ1v) is 9.49. The van der Waals surface area contributed by atoms with Gasteiger partial charge in [-0.25, -0.2) is 0 Å². The maximum atomic E-state index is 3.67. The molecule has 19 heavy (non-hydrogen) atoms. The normalized spacial score (nSPS) is 12.9. The maximum absolute atomic E-state index is 3.67. The molecule has 0 bridgehead atoms. The van der Waals surface area contributed by atoms with Crippen LogP contribution in [0.3, 0.4) is 0 Å². The summed E-state index contributed by atoms with van der Waals surface area (Å²) in [6, 6.07) is 4.83. The Morgan fingerprint density at radius 3 is 2.42 bits per heavy atom. The van der Waals surface area contributed by atoms with Crippen molar-refractivity contribution >= 4 is 54.5 Å². The van der Waals surface area contributed by atoms with Crippen molar-refractivity contribution in [2.75, 3.05) is 6.54 Å². The van der Waals surface area contributed by atoms with E-state index in [0.29, 0.717) is 6.04 Å². The van der Waals surface area contributed by atoms with Gasteiger partial charge in [0.1, 0.15) is 0 Å². The Hall–Kier alpha value is 0.320. The summed E-state index contributed by atoms with van der Waals surface area (Å²) >= 11 is 10.9. The number of nitrogens with one attached hydrogen (secondary N) is 1. The van der Waals surface area contributed by atoms with E-state index in [1.165, 1.54) is 20.2 Å². The second kappa shape index (κ2) is 6.85. The minimum absolute atomic E-state index is 0.303. The van der Waals surface area contributed by atoms with Crippen molar-refractivity contribution in [2.24, 2.45) is 0 Å². The predicted molar refractivity (Wildman–Crippen MR) is 93.6 cm³/mol. The topological polar surface area (TPSA) is 12.0 Å². The second-order valence-electron chi connectivity index (χ2n) is 4.53. The first-order chi connectivity index (χ1) is 9.02. The van der Waals surface area contributed by atoms with Gasteiger partial charge in [-0.2, -0.15) is 0 Å². The van der Waals surface area contributed by atoms with Gasteiger partial charge in [0.15, 0.2) is 0 Å². The lowest BCUT2D eigenvalue weighted by molar-refractivity contribution is 0.605. The first kappa shape index (κ1) is 15.7. The zero-order valence-corrected chi connectivity index (χ0v) is 16.0. The molecule has 0 aliphatic carbocycles. The Kier molecular flexibility index (Phi) is 5.66. The minimum atomic E-state index is 0.303. The van der Waals surface area contributed by atoms with Gasteiger partial charge in [0.2, 0.25) is 0 Å². The van der Waals surface area contributed by atoms with E-state index in [2.05, 4.69) is 70.1 Å². The number of rotatable bonds is 5. The van der Waals surface area contributed by atoms with E-state index >= 15 is 0 Å². The Labute approximate surface area is 139 Å². The molecule has 2 rings (SSSR count). The molecule has 0 fully saturated rings. The molecule has 1 N–H and O–H groups in total. The molecule has 5 heteroatoms. The van der Waals surface area contributed by atoms with Crippen molar-refractivity contribution in [3.05, 3.63) is 40.6 Å². The molecule has 0 spiro atoms. The van der Waals surface area contributed by atoms with Crippen LogP contribution in [-0.2, 0) is 0 Å². The fourth-order valence-electron chi connectivity index (χ4n) is 2.10. The minimum Gasteiger partial charge on any atom is -0.306 e. The van der Waals surface area contributed by atoms with Gasteiger partial charge in [-0.05, 0) is 76.4 Å². The van der Waals surface area contributed by atoms with Gasteiger partial charge in [0, 0.05) is 19.1 Å². The summed E-state index contributed by atoms with van der Waals surface area (Å²) < 4.78 is 2.30. The summed E-state index contributed by atoms with van der Waals surface area (Å²) in [5.41, 5.74) is 1.41. The monoisotopic (exact) mass is 421 g/mol. The number of halogens is 2. The fraction of sp³-hybridized carbons (Fsp3) is 0.429. The van der Waals surface area contributed by atoms with Crippen LogP contribution < -0.4 is 5.32 Å². The quantitative estimate of drug-likeness (QED) is 0.619. The van der Waals surface area contributed by atoms with Crippen LogP contribution in [0.15, 0.2) is 20.4 Å². The van der Waals surface area contributed by atoms with Crippen LogP contribution in [0.25, 0.3) is 0 Å². The summed E-state index contributed by atoms with van der Waals surface area (Å²) in [7, 11) is 0. The molecule has 0 amide bonds. The van der Waals surface area contributed by atoms with Gasteiger partial charge in [-0.1, -0.05) is 6.92 Å². The molecule has 1 nitrogen and oxygen atoms in total. The van der Waals surface area contributed by atoms with Crippen molar-refractivity contribution in [3.63, 3.8) is 0 Å². The Balaban J connectivity index is 2.38. The first-order valence-electron chi connectivity index (χ1n) is 6.28. The van der Waals surface area contributed by atoms with Crippen molar-refractivity contribution in [2.45, 2.75) is 33.2 Å². The van der Waals surface area contributed by atoms with Gasteiger partial charge in [0.05, 0.1) is 9.83 Å². The molecule has 0 aliphatic rings. The van der Waals surface area contributed by atoms with Crippen LogP contribution in [0.1, 0.15) is 39.6 Å². The van der Waals surface area contributed by atoms with E-state index in [4.69, 9.17) is 0 Å². The lowest BCUT2D eigenvalue weighted by Crippen LogP contribution is -2.22. The largest absolute Gasteiger partial charge is 0.306 e. The van der Waals surface area contributed by atoms with Crippen molar-refractivity contribution in [1.82, 2.24) is 5.32 Å². The maximum Gasteiger partial charge on any atom is 0.0843 e. The molecule has 2 aromatic rings. The van der Waals surface area contributed by atoms with E-state index < -0.39 is 0 Å². The fourth-order valence-corrected chi connectivity index (χ4v) is 5.24. The molecule has 2 aromatic heterocycles. The van der Waals surface area contributed by atoms with Crippen molar-refractivity contribution < 1.29 is 0 Å². The van der Waals surface area contributed by atoms with Gasteiger partial charge in [-0.3, -0.25) is 0 Å². The van der Waals surface area contributed by atoms with Crippen molar-refractivity contribution in [1.29, 1.82) is 0 Å². The summed E-state index contributed by atoms with van der Waals surface area (Å²) in [5, 5.41) is 3.67. The number of aryl methyl sites for hydroxylation is 2. The molecular weight excluding hydrogens is 406 g/mol. The van der Waals surface area contributed by atoms with Crippen LogP contribution in [0, 0.1) is 13.8 Å². The van der Waals surface area contributed by atoms with E-state index in [0.717, 1.165) is 21.2 Å². The third kappa shape index (κ3) is 3.70. The summed E-state index contributed by atoms with van der Waals surface area (Å²) in [6.07, 6.45) is 1.15. The Morgan fingerprint density at radius 2 is 1.95 bits per heavy atom. The molecule has 0 aliphatic heterocycles.